The molecule has 2 aromatic rings. The topological polar surface area (TPSA) is 30.0 Å². The maximum Gasteiger partial charge on any atom is 0.196 e. The first-order chi connectivity index (χ1) is 8.08. The van der Waals surface area contributed by atoms with Crippen molar-refractivity contribution in [3.63, 3.8) is 0 Å². The fourth-order valence-electron chi connectivity index (χ4n) is 1.52. The molecule has 0 N–H and O–H groups in total. The number of nitrogens with zero attached hydrogens (tertiary/aromatic N) is 1. The first-order valence-electron chi connectivity index (χ1n) is 5.00. The van der Waals surface area contributed by atoms with Gasteiger partial charge in [-0.2, -0.15) is 0 Å². The van der Waals surface area contributed by atoms with Crippen molar-refractivity contribution >= 4 is 17.4 Å². The average molecular weight is 250 g/mol. The second-order valence-corrected chi connectivity index (χ2v) is 4.08. The number of halogens is 2. The van der Waals surface area contributed by atoms with E-state index in [-0.39, 0.29) is 16.4 Å². The van der Waals surface area contributed by atoms with E-state index in [1.165, 1.54) is 18.3 Å². The molecular formula is C13H9ClFNO. The van der Waals surface area contributed by atoms with E-state index >= 15 is 0 Å². The summed E-state index contributed by atoms with van der Waals surface area (Å²) < 4.78 is 13.6. The van der Waals surface area contributed by atoms with Crippen molar-refractivity contribution in [2.24, 2.45) is 0 Å². The summed E-state index contributed by atoms with van der Waals surface area (Å²) in [6.45, 7) is 1.77. The lowest BCUT2D eigenvalue weighted by Gasteiger charge is -2.03. The minimum Gasteiger partial charge on any atom is -0.288 e. The van der Waals surface area contributed by atoms with E-state index in [1.807, 2.05) is 0 Å². The molecular weight excluding hydrogens is 241 g/mol. The van der Waals surface area contributed by atoms with Gasteiger partial charge in [0.25, 0.3) is 0 Å². The van der Waals surface area contributed by atoms with Crippen LogP contribution in [0.5, 0.6) is 0 Å². The fraction of sp³-hybridized carbons (Fsp3) is 0.0769. The molecule has 0 aliphatic heterocycles. The van der Waals surface area contributed by atoms with Gasteiger partial charge in [0.1, 0.15) is 5.82 Å². The minimum absolute atomic E-state index is 0.0139. The SMILES string of the molecule is Cc1cc(C(=O)c2ccc(Cl)cc2F)ccn1. The van der Waals surface area contributed by atoms with Crippen LogP contribution < -0.4 is 0 Å². The normalized spacial score (nSPS) is 10.3. The number of carbonyl (C=O) groups excluding carboxylic acids is 1. The van der Waals surface area contributed by atoms with Crippen LogP contribution in [-0.4, -0.2) is 10.8 Å². The van der Waals surface area contributed by atoms with E-state index < -0.39 is 5.82 Å². The van der Waals surface area contributed by atoms with E-state index in [2.05, 4.69) is 4.98 Å². The lowest BCUT2D eigenvalue weighted by atomic mass is 10.0. The third-order valence-corrected chi connectivity index (χ3v) is 2.57. The predicted octanol–water partition coefficient (Wildman–Crippen LogP) is 3.41. The quantitative estimate of drug-likeness (QED) is 0.764. The van der Waals surface area contributed by atoms with Gasteiger partial charge < -0.3 is 0 Å². The van der Waals surface area contributed by atoms with Gasteiger partial charge >= 0.3 is 0 Å². The molecule has 4 heteroatoms. The minimum atomic E-state index is -0.614. The summed E-state index contributed by atoms with van der Waals surface area (Å²) in [5.74, 6) is -0.985. The van der Waals surface area contributed by atoms with Crippen LogP contribution in [0.3, 0.4) is 0 Å². The second kappa shape index (κ2) is 4.63. The standard InChI is InChI=1S/C13H9ClFNO/c1-8-6-9(4-5-16-8)13(17)11-3-2-10(14)7-12(11)15/h2-7H,1H3. The second-order valence-electron chi connectivity index (χ2n) is 3.64. The summed E-state index contributed by atoms with van der Waals surface area (Å²) >= 11 is 5.63. The fourth-order valence-corrected chi connectivity index (χ4v) is 1.67. The molecule has 2 rings (SSSR count). The van der Waals surface area contributed by atoms with E-state index in [0.717, 1.165) is 6.07 Å². The predicted molar refractivity (Wildman–Crippen MR) is 63.8 cm³/mol. The molecule has 0 bridgehead atoms. The Morgan fingerprint density at radius 2 is 2.06 bits per heavy atom. The number of hydrogen-bond acceptors (Lipinski definition) is 2. The first kappa shape index (κ1) is 11.7. The van der Waals surface area contributed by atoms with E-state index in [9.17, 15) is 9.18 Å². The average Bonchev–Trinajstić information content (AvgIpc) is 2.28. The van der Waals surface area contributed by atoms with Crippen LogP contribution in [0.4, 0.5) is 4.39 Å². The van der Waals surface area contributed by atoms with E-state index in [1.54, 1.807) is 19.1 Å². The van der Waals surface area contributed by atoms with Crippen LogP contribution in [0, 0.1) is 12.7 Å². The molecule has 0 spiro atoms. The van der Waals surface area contributed by atoms with Crippen LogP contribution >= 0.6 is 11.6 Å². The van der Waals surface area contributed by atoms with Crippen LogP contribution in [0.1, 0.15) is 21.6 Å². The van der Waals surface area contributed by atoms with E-state index in [4.69, 9.17) is 11.6 Å². The smallest absolute Gasteiger partial charge is 0.196 e. The summed E-state index contributed by atoms with van der Waals surface area (Å²) in [4.78, 5) is 16.0. The number of rotatable bonds is 2. The Kier molecular flexibility index (Phi) is 3.20. The van der Waals surface area contributed by atoms with Crippen LogP contribution in [-0.2, 0) is 0 Å². The summed E-state index contributed by atoms with van der Waals surface area (Å²) in [5, 5.41) is 0.268. The third-order valence-electron chi connectivity index (χ3n) is 2.33. The highest BCUT2D eigenvalue weighted by molar-refractivity contribution is 6.30. The Morgan fingerprint density at radius 3 is 2.71 bits per heavy atom. The summed E-state index contributed by atoms with van der Waals surface area (Å²) in [5.41, 5.74) is 1.14. The Labute approximate surface area is 103 Å². The van der Waals surface area contributed by atoms with Gasteiger partial charge in [0.15, 0.2) is 5.78 Å². The number of aryl methyl sites for hydroxylation is 1. The lowest BCUT2D eigenvalue weighted by Crippen LogP contribution is -2.04. The van der Waals surface area contributed by atoms with Crippen LogP contribution in [0.2, 0.25) is 5.02 Å². The maximum absolute atomic E-state index is 13.6. The highest BCUT2D eigenvalue weighted by Gasteiger charge is 2.14. The maximum atomic E-state index is 13.6. The summed E-state index contributed by atoms with van der Waals surface area (Å²) in [6.07, 6.45) is 1.52. The molecule has 0 fully saturated rings. The molecule has 2 nitrogen and oxygen atoms in total. The molecule has 0 amide bonds. The molecule has 0 saturated carbocycles. The van der Waals surface area contributed by atoms with Gasteiger partial charge in [-0.15, -0.1) is 0 Å². The van der Waals surface area contributed by atoms with Gasteiger partial charge in [0, 0.05) is 22.5 Å². The van der Waals surface area contributed by atoms with Crippen molar-refractivity contribution in [3.8, 4) is 0 Å². The van der Waals surface area contributed by atoms with Gasteiger partial charge in [0.2, 0.25) is 0 Å². The van der Waals surface area contributed by atoms with Gasteiger partial charge in [-0.3, -0.25) is 9.78 Å². The largest absolute Gasteiger partial charge is 0.288 e. The Morgan fingerprint density at radius 1 is 1.29 bits per heavy atom. The van der Waals surface area contributed by atoms with Crippen molar-refractivity contribution < 1.29 is 9.18 Å². The van der Waals surface area contributed by atoms with Crippen LogP contribution in [0.15, 0.2) is 36.5 Å². The van der Waals surface area contributed by atoms with Gasteiger partial charge in [0.05, 0.1) is 5.56 Å². The number of benzene rings is 1. The van der Waals surface area contributed by atoms with Crippen molar-refractivity contribution in [1.82, 2.24) is 4.98 Å². The third kappa shape index (κ3) is 2.50. The summed E-state index contributed by atoms with van der Waals surface area (Å²) in [7, 11) is 0. The van der Waals surface area contributed by atoms with Crippen molar-refractivity contribution in [2.45, 2.75) is 6.92 Å². The number of aromatic nitrogens is 1. The zero-order chi connectivity index (χ0) is 12.4. The summed E-state index contributed by atoms with van der Waals surface area (Å²) in [6, 6.07) is 7.18. The number of ketones is 1. The lowest BCUT2D eigenvalue weighted by molar-refractivity contribution is 0.103. The molecule has 0 aliphatic carbocycles. The van der Waals surface area contributed by atoms with Crippen molar-refractivity contribution in [1.29, 1.82) is 0 Å². The Hall–Kier alpha value is -1.74. The molecule has 1 aromatic heterocycles. The monoisotopic (exact) mass is 249 g/mol. The van der Waals surface area contributed by atoms with Gasteiger partial charge in [-0.1, -0.05) is 11.6 Å². The Bertz CT molecular complexity index is 583. The molecule has 1 aromatic carbocycles. The van der Waals surface area contributed by atoms with Crippen molar-refractivity contribution in [2.75, 3.05) is 0 Å². The highest BCUT2D eigenvalue weighted by Crippen LogP contribution is 2.18. The van der Waals surface area contributed by atoms with Crippen molar-refractivity contribution in [3.05, 3.63) is 64.2 Å². The zero-order valence-corrected chi connectivity index (χ0v) is 9.83. The molecule has 0 aliphatic rings. The van der Waals surface area contributed by atoms with Gasteiger partial charge in [-0.05, 0) is 37.3 Å². The number of hydrogen-bond donors (Lipinski definition) is 0. The molecule has 1 heterocycles. The van der Waals surface area contributed by atoms with Crippen LogP contribution in [0.25, 0.3) is 0 Å². The number of pyridine rings is 1. The molecule has 0 saturated heterocycles. The van der Waals surface area contributed by atoms with E-state index in [0.29, 0.717) is 11.3 Å². The number of carbonyl (C=O) groups is 1. The molecule has 17 heavy (non-hydrogen) atoms. The first-order valence-corrected chi connectivity index (χ1v) is 5.38. The van der Waals surface area contributed by atoms with Gasteiger partial charge in [-0.25, -0.2) is 4.39 Å². The molecule has 0 radical (unpaired) electrons. The molecule has 0 unspecified atom stereocenters. The highest BCUT2D eigenvalue weighted by atomic mass is 35.5. The molecule has 86 valence electrons. The zero-order valence-electron chi connectivity index (χ0n) is 9.08. The Balaban J connectivity index is 2.44. The molecule has 0 atom stereocenters.